The molecule has 0 aliphatic carbocycles. The highest BCUT2D eigenvalue weighted by Gasteiger charge is 2.10. The van der Waals surface area contributed by atoms with E-state index in [-0.39, 0.29) is 0 Å². The van der Waals surface area contributed by atoms with Gasteiger partial charge in [0.15, 0.2) is 0 Å². The zero-order chi connectivity index (χ0) is 13.0. The lowest BCUT2D eigenvalue weighted by atomic mass is 10.1. The second kappa shape index (κ2) is 5.91. The van der Waals surface area contributed by atoms with Gasteiger partial charge < -0.3 is 10.1 Å². The van der Waals surface area contributed by atoms with Crippen LogP contribution < -0.4 is 10.1 Å². The molecule has 0 saturated heterocycles. The maximum Gasteiger partial charge on any atom is 0.121 e. The number of hydrogen-bond donors (Lipinski definition) is 1. The van der Waals surface area contributed by atoms with Crippen LogP contribution in [0.2, 0.25) is 0 Å². The third kappa shape index (κ3) is 2.85. The lowest BCUT2D eigenvalue weighted by Crippen LogP contribution is -2.08. The number of hydrogen-bond acceptors (Lipinski definition) is 3. The Hall–Kier alpha value is -1.48. The number of ether oxygens (including phenoxy) is 1. The highest BCUT2D eigenvalue weighted by molar-refractivity contribution is 7.10. The predicted molar refractivity (Wildman–Crippen MR) is 78.7 cm³/mol. The van der Waals surface area contributed by atoms with E-state index in [1.165, 1.54) is 4.88 Å². The van der Waals surface area contributed by atoms with Gasteiger partial charge in [-0.05, 0) is 48.6 Å². The van der Waals surface area contributed by atoms with E-state index in [9.17, 15) is 0 Å². The summed E-state index contributed by atoms with van der Waals surface area (Å²) in [5, 5.41) is 5.70. The van der Waals surface area contributed by atoms with Crippen LogP contribution in [0.5, 0.6) is 5.75 Å². The van der Waals surface area contributed by atoms with E-state index in [0.717, 1.165) is 23.4 Å². The molecule has 0 radical (unpaired) electrons. The molecule has 3 heteroatoms. The van der Waals surface area contributed by atoms with E-state index >= 15 is 0 Å². The largest absolute Gasteiger partial charge is 0.496 e. The molecule has 18 heavy (non-hydrogen) atoms. The van der Waals surface area contributed by atoms with Crippen LogP contribution in [0.1, 0.15) is 29.8 Å². The fourth-order valence-electron chi connectivity index (χ4n) is 2.03. The monoisotopic (exact) mass is 261 g/mol. The summed E-state index contributed by atoms with van der Waals surface area (Å²) in [5.74, 6) is 0.935. The zero-order valence-corrected chi connectivity index (χ0v) is 11.9. The third-order valence-electron chi connectivity index (χ3n) is 3.03. The van der Waals surface area contributed by atoms with Crippen LogP contribution in [-0.2, 0) is 0 Å². The van der Waals surface area contributed by atoms with Crippen LogP contribution in [0.15, 0.2) is 35.7 Å². The van der Waals surface area contributed by atoms with Crippen LogP contribution in [0.3, 0.4) is 0 Å². The van der Waals surface area contributed by atoms with Crippen LogP contribution >= 0.6 is 11.3 Å². The zero-order valence-electron chi connectivity index (χ0n) is 11.1. The maximum absolute atomic E-state index is 5.28. The standard InChI is InChI=1S/C15H19NOS/c1-4-13(15-6-5-9-18-15)16-12-7-8-14(17-3)11(2)10-12/h5-10,13,16H,4H2,1-3H3. The molecule has 1 N–H and O–H groups in total. The SMILES string of the molecule is CCC(Nc1ccc(OC)c(C)c1)c1cccs1. The molecule has 0 fully saturated rings. The van der Waals surface area contributed by atoms with Gasteiger partial charge >= 0.3 is 0 Å². The molecular weight excluding hydrogens is 242 g/mol. The molecule has 0 aliphatic heterocycles. The van der Waals surface area contributed by atoms with Crippen LogP contribution in [0.4, 0.5) is 5.69 Å². The highest BCUT2D eigenvalue weighted by Crippen LogP contribution is 2.28. The first-order valence-corrected chi connectivity index (χ1v) is 7.07. The molecule has 2 nitrogen and oxygen atoms in total. The van der Waals surface area contributed by atoms with Crippen molar-refractivity contribution < 1.29 is 4.74 Å². The van der Waals surface area contributed by atoms with Crippen LogP contribution in [0, 0.1) is 6.92 Å². The second-order valence-corrected chi connectivity index (χ2v) is 5.28. The summed E-state index contributed by atoms with van der Waals surface area (Å²) in [4.78, 5) is 1.38. The Morgan fingerprint density at radius 2 is 2.17 bits per heavy atom. The fourth-order valence-corrected chi connectivity index (χ4v) is 2.89. The molecule has 2 aromatic rings. The summed E-state index contributed by atoms with van der Waals surface area (Å²) >= 11 is 1.80. The van der Waals surface area contributed by atoms with Crippen molar-refractivity contribution in [1.29, 1.82) is 0 Å². The molecule has 1 aromatic carbocycles. The number of benzene rings is 1. The Morgan fingerprint density at radius 1 is 1.33 bits per heavy atom. The Balaban J connectivity index is 2.15. The lowest BCUT2D eigenvalue weighted by molar-refractivity contribution is 0.412. The minimum absolute atomic E-state index is 0.387. The minimum atomic E-state index is 0.387. The molecule has 0 bridgehead atoms. The van der Waals surface area contributed by atoms with Gasteiger partial charge in [0.1, 0.15) is 5.75 Å². The van der Waals surface area contributed by atoms with Crippen molar-refractivity contribution in [3.8, 4) is 5.75 Å². The van der Waals surface area contributed by atoms with Gasteiger partial charge in [0.25, 0.3) is 0 Å². The molecule has 1 heterocycles. The van der Waals surface area contributed by atoms with Crippen LogP contribution in [-0.4, -0.2) is 7.11 Å². The van der Waals surface area contributed by atoms with E-state index in [1.807, 2.05) is 6.07 Å². The van der Waals surface area contributed by atoms with Gasteiger partial charge in [-0.15, -0.1) is 11.3 Å². The number of thiophene rings is 1. The lowest BCUT2D eigenvalue weighted by Gasteiger charge is -2.18. The number of aryl methyl sites for hydroxylation is 1. The van der Waals surface area contributed by atoms with Gasteiger partial charge in [-0.3, -0.25) is 0 Å². The molecule has 0 aliphatic rings. The maximum atomic E-state index is 5.28. The van der Waals surface area contributed by atoms with Crippen molar-refractivity contribution in [2.75, 3.05) is 12.4 Å². The van der Waals surface area contributed by atoms with E-state index < -0.39 is 0 Å². The minimum Gasteiger partial charge on any atom is -0.496 e. The fraction of sp³-hybridized carbons (Fsp3) is 0.333. The average Bonchev–Trinajstić information content (AvgIpc) is 2.90. The first kappa shape index (κ1) is 13.0. The number of methoxy groups -OCH3 is 1. The Labute approximate surface area is 113 Å². The first-order valence-electron chi connectivity index (χ1n) is 6.19. The molecule has 1 atom stereocenters. The molecule has 2 rings (SSSR count). The highest BCUT2D eigenvalue weighted by atomic mass is 32.1. The van der Waals surface area contributed by atoms with Crippen molar-refractivity contribution in [3.05, 3.63) is 46.2 Å². The van der Waals surface area contributed by atoms with Crippen molar-refractivity contribution in [1.82, 2.24) is 0 Å². The van der Waals surface area contributed by atoms with Gasteiger partial charge in [0, 0.05) is 10.6 Å². The average molecular weight is 261 g/mol. The van der Waals surface area contributed by atoms with Gasteiger partial charge in [-0.2, -0.15) is 0 Å². The number of nitrogens with one attached hydrogen (secondary N) is 1. The molecule has 1 unspecified atom stereocenters. The summed E-state index contributed by atoms with van der Waals surface area (Å²) in [5.41, 5.74) is 2.30. The van der Waals surface area contributed by atoms with E-state index in [1.54, 1.807) is 18.4 Å². The summed E-state index contributed by atoms with van der Waals surface area (Å²) < 4.78 is 5.28. The van der Waals surface area contributed by atoms with E-state index in [2.05, 4.69) is 48.8 Å². The smallest absolute Gasteiger partial charge is 0.121 e. The van der Waals surface area contributed by atoms with E-state index in [0.29, 0.717) is 6.04 Å². The summed E-state index contributed by atoms with van der Waals surface area (Å²) in [7, 11) is 1.70. The molecule has 1 aromatic heterocycles. The van der Waals surface area contributed by atoms with Crippen molar-refractivity contribution >= 4 is 17.0 Å². The second-order valence-electron chi connectivity index (χ2n) is 4.30. The van der Waals surface area contributed by atoms with Crippen molar-refractivity contribution in [2.45, 2.75) is 26.3 Å². The molecule has 96 valence electrons. The van der Waals surface area contributed by atoms with Crippen molar-refractivity contribution in [2.24, 2.45) is 0 Å². The topological polar surface area (TPSA) is 21.3 Å². The first-order chi connectivity index (χ1) is 8.74. The number of anilines is 1. The quantitative estimate of drug-likeness (QED) is 0.847. The number of rotatable bonds is 5. The van der Waals surface area contributed by atoms with Gasteiger partial charge in [-0.25, -0.2) is 0 Å². The van der Waals surface area contributed by atoms with Gasteiger partial charge in [-0.1, -0.05) is 13.0 Å². The Morgan fingerprint density at radius 3 is 2.72 bits per heavy atom. The molecule has 0 spiro atoms. The molecule has 0 saturated carbocycles. The Bertz CT molecular complexity index is 493. The van der Waals surface area contributed by atoms with Crippen molar-refractivity contribution in [3.63, 3.8) is 0 Å². The van der Waals surface area contributed by atoms with Crippen LogP contribution in [0.25, 0.3) is 0 Å². The summed E-state index contributed by atoms with van der Waals surface area (Å²) in [6.07, 6.45) is 1.07. The van der Waals surface area contributed by atoms with E-state index in [4.69, 9.17) is 4.74 Å². The normalized spacial score (nSPS) is 12.2. The van der Waals surface area contributed by atoms with Gasteiger partial charge in [0.05, 0.1) is 13.2 Å². The molecule has 0 amide bonds. The van der Waals surface area contributed by atoms with Gasteiger partial charge in [0.2, 0.25) is 0 Å². The third-order valence-corrected chi connectivity index (χ3v) is 4.02. The molecular formula is C15H19NOS. The Kier molecular flexibility index (Phi) is 4.26. The summed E-state index contributed by atoms with van der Waals surface area (Å²) in [6.45, 7) is 4.27. The predicted octanol–water partition coefficient (Wildman–Crippen LogP) is 4.63. The summed E-state index contributed by atoms with van der Waals surface area (Å²) in [6, 6.07) is 10.9.